The molecule has 6 aromatic rings. The fourth-order valence-corrected chi connectivity index (χ4v) is 9.66. The summed E-state index contributed by atoms with van der Waals surface area (Å²) in [5.74, 6) is 0.533. The molecule has 1 aliphatic carbocycles. The number of nitrogens with one attached hydrogen (secondary N) is 4. The van der Waals surface area contributed by atoms with Gasteiger partial charge in [0.2, 0.25) is 5.91 Å². The SMILES string of the molecule is COC(=O)N[C@@H](C(=O)N1CCC[C@@H]1c1ncc(-c2ccc3cc(-c4ccc5c(=O)[nH]c([C@@H]6CCCN6C(=O)[C@H](NC(=O)OC6CCCC6)c6ccccc6)nc5c4)ccc3c2)[nH]1)C(C)C. The number of rotatable bonds is 11. The number of hydrogen-bond acceptors (Lipinski definition) is 9. The van der Waals surface area contributed by atoms with E-state index in [0.717, 1.165) is 71.7 Å². The van der Waals surface area contributed by atoms with Crippen molar-refractivity contribution >= 4 is 45.7 Å². The number of carbonyl (C=O) groups is 4. The molecule has 4 amide bonds. The molecule has 0 radical (unpaired) electrons. The van der Waals surface area contributed by atoms with E-state index in [1.54, 1.807) is 22.1 Å². The number of aromatic amines is 2. The van der Waals surface area contributed by atoms with Gasteiger partial charge < -0.3 is 39.9 Å². The van der Waals surface area contributed by atoms with E-state index in [1.807, 2.05) is 68.4 Å². The van der Waals surface area contributed by atoms with Crippen LogP contribution in [0.5, 0.6) is 0 Å². The number of hydrogen-bond donors (Lipinski definition) is 4. The minimum Gasteiger partial charge on any atom is -0.453 e. The predicted octanol–water partition coefficient (Wildman–Crippen LogP) is 8.25. The Hall–Kier alpha value is -7.03. The van der Waals surface area contributed by atoms with Gasteiger partial charge in [0.25, 0.3) is 11.5 Å². The van der Waals surface area contributed by atoms with Gasteiger partial charge in [-0.25, -0.2) is 19.6 Å². The van der Waals surface area contributed by atoms with Crippen LogP contribution in [0, 0.1) is 5.92 Å². The smallest absolute Gasteiger partial charge is 0.408 e. The summed E-state index contributed by atoms with van der Waals surface area (Å²) in [6.07, 6.45) is 6.95. The van der Waals surface area contributed by atoms with Gasteiger partial charge in [0.1, 0.15) is 29.8 Å². The number of fused-ring (bicyclic) bond motifs is 2. The number of ether oxygens (including phenoxy) is 2. The lowest BCUT2D eigenvalue weighted by atomic mass is 9.98. The fourth-order valence-electron chi connectivity index (χ4n) is 9.66. The normalized spacial score (nSPS) is 18.6. The lowest BCUT2D eigenvalue weighted by Gasteiger charge is -2.30. The number of nitrogens with zero attached hydrogens (tertiary/aromatic N) is 4. The number of imidazole rings is 1. The highest BCUT2D eigenvalue weighted by Gasteiger charge is 2.39. The van der Waals surface area contributed by atoms with Gasteiger partial charge in [-0.2, -0.15) is 0 Å². The molecule has 4 atom stereocenters. The maximum Gasteiger partial charge on any atom is 0.408 e. The molecule has 1 saturated carbocycles. The number of benzene rings is 4. The van der Waals surface area contributed by atoms with Gasteiger partial charge in [-0.3, -0.25) is 14.4 Å². The van der Waals surface area contributed by atoms with Crippen LogP contribution in [0.15, 0.2) is 95.9 Å². The second kappa shape index (κ2) is 18.6. The highest BCUT2D eigenvalue weighted by atomic mass is 16.6. The van der Waals surface area contributed by atoms with E-state index in [4.69, 9.17) is 19.4 Å². The molecule has 3 fully saturated rings. The minimum atomic E-state index is -0.965. The number of amides is 4. The Morgan fingerprint density at radius 3 is 2.06 bits per heavy atom. The van der Waals surface area contributed by atoms with Crippen LogP contribution in [-0.4, -0.2) is 86.1 Å². The number of likely N-dealkylation sites (tertiary alicyclic amines) is 2. The molecule has 65 heavy (non-hydrogen) atoms. The van der Waals surface area contributed by atoms with E-state index in [0.29, 0.717) is 54.0 Å². The molecule has 4 aromatic carbocycles. The first-order valence-corrected chi connectivity index (χ1v) is 22.7. The van der Waals surface area contributed by atoms with Crippen molar-refractivity contribution in [1.29, 1.82) is 0 Å². The average Bonchev–Trinajstić information content (AvgIpc) is 4.18. The summed E-state index contributed by atoms with van der Waals surface area (Å²) >= 11 is 0. The Bertz CT molecular complexity index is 2800. The minimum absolute atomic E-state index is 0.126. The predicted molar refractivity (Wildman–Crippen MR) is 245 cm³/mol. The first-order chi connectivity index (χ1) is 31.5. The van der Waals surface area contributed by atoms with Gasteiger partial charge in [-0.1, -0.05) is 74.5 Å². The summed E-state index contributed by atoms with van der Waals surface area (Å²) in [5, 5.41) is 8.04. The molecule has 336 valence electrons. The van der Waals surface area contributed by atoms with E-state index in [1.165, 1.54) is 7.11 Å². The second-order valence-corrected chi connectivity index (χ2v) is 17.7. The lowest BCUT2D eigenvalue weighted by molar-refractivity contribution is -0.136. The molecule has 15 heteroatoms. The van der Waals surface area contributed by atoms with Crippen molar-refractivity contribution in [2.24, 2.45) is 5.92 Å². The van der Waals surface area contributed by atoms with Crippen LogP contribution in [0.2, 0.25) is 0 Å². The fraction of sp³-hybridized carbons (Fsp3) is 0.380. The number of carbonyl (C=O) groups excluding carboxylic acids is 4. The van der Waals surface area contributed by atoms with E-state index in [9.17, 15) is 24.0 Å². The molecule has 2 aromatic heterocycles. The molecule has 0 unspecified atom stereocenters. The largest absolute Gasteiger partial charge is 0.453 e. The molecule has 2 aliphatic heterocycles. The van der Waals surface area contributed by atoms with Crippen LogP contribution >= 0.6 is 0 Å². The van der Waals surface area contributed by atoms with Crippen molar-refractivity contribution in [3.05, 3.63) is 119 Å². The van der Waals surface area contributed by atoms with Gasteiger partial charge in [0.15, 0.2) is 0 Å². The highest BCUT2D eigenvalue weighted by molar-refractivity contribution is 5.92. The van der Waals surface area contributed by atoms with Gasteiger partial charge >= 0.3 is 12.2 Å². The Morgan fingerprint density at radius 2 is 1.35 bits per heavy atom. The molecule has 3 aliphatic rings. The van der Waals surface area contributed by atoms with E-state index in [2.05, 4.69) is 44.9 Å². The van der Waals surface area contributed by atoms with E-state index in [-0.39, 0.29) is 35.4 Å². The third-order valence-electron chi connectivity index (χ3n) is 13.1. The first-order valence-electron chi connectivity index (χ1n) is 22.7. The molecular formula is C50H54N8O7. The summed E-state index contributed by atoms with van der Waals surface area (Å²) < 4.78 is 10.5. The zero-order valence-corrected chi connectivity index (χ0v) is 36.8. The Kier molecular flexibility index (Phi) is 12.4. The van der Waals surface area contributed by atoms with E-state index >= 15 is 0 Å². The van der Waals surface area contributed by atoms with Crippen LogP contribution in [-0.2, 0) is 19.1 Å². The molecule has 0 spiro atoms. The van der Waals surface area contributed by atoms with Gasteiger partial charge in [0, 0.05) is 18.7 Å². The van der Waals surface area contributed by atoms with Crippen molar-refractivity contribution in [2.45, 2.75) is 95.5 Å². The molecule has 15 nitrogen and oxygen atoms in total. The zero-order chi connectivity index (χ0) is 45.2. The molecule has 2 saturated heterocycles. The van der Waals surface area contributed by atoms with Crippen molar-refractivity contribution in [3.63, 3.8) is 0 Å². The van der Waals surface area contributed by atoms with Crippen molar-refractivity contribution in [3.8, 4) is 22.4 Å². The summed E-state index contributed by atoms with van der Waals surface area (Å²) in [7, 11) is 1.28. The molecular weight excluding hydrogens is 825 g/mol. The average molecular weight is 879 g/mol. The highest BCUT2D eigenvalue weighted by Crippen LogP contribution is 2.36. The zero-order valence-electron chi connectivity index (χ0n) is 36.8. The summed E-state index contributed by atoms with van der Waals surface area (Å²) in [4.78, 5) is 86.3. The molecule has 4 heterocycles. The number of methoxy groups -OCH3 is 1. The number of alkyl carbamates (subject to hydrolysis) is 2. The quantitative estimate of drug-likeness (QED) is 0.0993. The Morgan fingerprint density at radius 1 is 0.708 bits per heavy atom. The number of aromatic nitrogens is 4. The topological polar surface area (TPSA) is 192 Å². The standard InChI is InChI=1S/C50H54N8O7/c1-29(2)42(54-49(62)64-3)47(60)57-23-9-15-40(57)44-51-28-39(53-44)35-20-19-31-25-32(17-18-33(31)26-35)34-21-22-37-38(27-34)52-45(56-46(37)59)41-16-10-24-58(41)48(61)43(30-11-5-4-6-12-30)55-50(63)65-36-13-7-8-14-36/h4-6,11-12,17-22,25-29,36,40-43H,7-10,13-16,23-24H2,1-3H3,(H,51,53)(H,54,62)(H,55,63)(H,52,56,59)/t40-,41+,42-,43-/m1/s1. The van der Waals surface area contributed by atoms with Crippen LogP contribution in [0.1, 0.15) is 101 Å². The van der Waals surface area contributed by atoms with Crippen LogP contribution in [0.25, 0.3) is 44.1 Å². The van der Waals surface area contributed by atoms with Gasteiger partial charge in [0.05, 0.1) is 42.0 Å². The van der Waals surface area contributed by atoms with Gasteiger partial charge in [-0.15, -0.1) is 0 Å². The third kappa shape index (κ3) is 9.04. The monoisotopic (exact) mass is 878 g/mol. The van der Waals surface area contributed by atoms with Crippen LogP contribution in [0.4, 0.5) is 9.59 Å². The molecule has 4 N–H and O–H groups in total. The maximum atomic E-state index is 14.4. The van der Waals surface area contributed by atoms with Crippen molar-refractivity contribution < 1.29 is 28.7 Å². The summed E-state index contributed by atoms with van der Waals surface area (Å²) in [6, 6.07) is 24.8. The maximum absolute atomic E-state index is 14.4. The van der Waals surface area contributed by atoms with Crippen molar-refractivity contribution in [1.82, 2.24) is 40.4 Å². The van der Waals surface area contributed by atoms with Crippen LogP contribution in [0.3, 0.4) is 0 Å². The molecule has 0 bridgehead atoms. The lowest BCUT2D eigenvalue weighted by Crippen LogP contribution is -2.51. The second-order valence-electron chi connectivity index (χ2n) is 17.7. The van der Waals surface area contributed by atoms with E-state index < -0.39 is 30.3 Å². The summed E-state index contributed by atoms with van der Waals surface area (Å²) in [5.41, 5.74) is 4.49. The summed E-state index contributed by atoms with van der Waals surface area (Å²) in [6.45, 7) is 4.81. The van der Waals surface area contributed by atoms with Crippen LogP contribution < -0.4 is 16.2 Å². The first kappa shape index (κ1) is 43.2. The Balaban J connectivity index is 0.930. The van der Waals surface area contributed by atoms with Gasteiger partial charge in [-0.05, 0) is 109 Å². The van der Waals surface area contributed by atoms with Crippen molar-refractivity contribution in [2.75, 3.05) is 20.2 Å². The third-order valence-corrected chi connectivity index (χ3v) is 13.1. The number of H-pyrrole nitrogens is 2. The molecule has 9 rings (SSSR count). The Labute approximate surface area is 376 Å².